The number of benzene rings is 1. The van der Waals surface area contributed by atoms with Crippen molar-refractivity contribution in [3.63, 3.8) is 0 Å². The molecule has 1 aromatic carbocycles. The lowest BCUT2D eigenvalue weighted by Gasteiger charge is -2.54. The summed E-state index contributed by atoms with van der Waals surface area (Å²) in [5.74, 6) is -0.448. The Bertz CT molecular complexity index is 2080. The number of fused-ring (bicyclic) bond motifs is 4. The van der Waals surface area contributed by atoms with Gasteiger partial charge in [0.2, 0.25) is 5.91 Å². The molecule has 7 N–H and O–H groups in total. The first kappa shape index (κ1) is 34.4. The molecule has 2 saturated carbocycles. The maximum atomic E-state index is 13.2. The van der Waals surface area contributed by atoms with Gasteiger partial charge in [-0.25, -0.2) is 4.98 Å². The summed E-state index contributed by atoms with van der Waals surface area (Å²) in [5, 5.41) is 14.1. The maximum absolute atomic E-state index is 13.2. The maximum Gasteiger partial charge on any atom is 0.272 e. The number of para-hydroxylation sites is 1. The van der Waals surface area contributed by atoms with E-state index in [0.717, 1.165) is 73.4 Å². The third-order valence-electron chi connectivity index (χ3n) is 11.6. The Hall–Kier alpha value is -5.41. The number of hydrogen-bond acceptors (Lipinski definition) is 11. The predicted octanol–water partition coefficient (Wildman–Crippen LogP) is 2.31. The minimum atomic E-state index is -0.383. The third-order valence-corrected chi connectivity index (χ3v) is 11.6. The van der Waals surface area contributed by atoms with E-state index in [1.54, 1.807) is 6.07 Å². The molecule has 0 radical (unpaired) electrons. The Kier molecular flexibility index (Phi) is 8.57. The molecule has 0 bridgehead atoms. The molecule has 2 aromatic heterocycles. The van der Waals surface area contributed by atoms with Crippen LogP contribution in [0, 0.1) is 5.92 Å². The van der Waals surface area contributed by atoms with E-state index in [-0.39, 0.29) is 65.4 Å². The number of amides is 3. The minimum absolute atomic E-state index is 0.0109. The van der Waals surface area contributed by atoms with Crippen LogP contribution in [0.25, 0.3) is 11.1 Å². The zero-order chi connectivity index (χ0) is 37.2. The fraction of sp³-hybridized carbons (Fsp3) is 0.462. The molecule has 3 atom stereocenters. The van der Waals surface area contributed by atoms with Crippen LogP contribution in [0.3, 0.4) is 0 Å². The SMILES string of the molecule is CCC1c2c(cnn2C2CN(Cc3cccc(C(=O)N4C[C@H]5OCC54)n3)C2)-c2cccc(NC(/C=C(\N)NC(=O)C3CC3)=C(/N)C(=O)NC3CC3)c2N1C. The lowest BCUT2D eigenvalue weighted by molar-refractivity contribution is -0.195. The van der Waals surface area contributed by atoms with E-state index in [4.69, 9.17) is 26.3 Å². The van der Waals surface area contributed by atoms with Crippen LogP contribution in [0.2, 0.25) is 0 Å². The molecule has 282 valence electrons. The lowest BCUT2D eigenvalue weighted by Crippen LogP contribution is -2.71. The molecule has 4 aliphatic heterocycles. The van der Waals surface area contributed by atoms with Crippen LogP contribution in [-0.4, -0.2) is 93.8 Å². The van der Waals surface area contributed by atoms with Gasteiger partial charge >= 0.3 is 0 Å². The molecule has 9 rings (SSSR count). The molecule has 6 aliphatic rings. The molecule has 54 heavy (non-hydrogen) atoms. The number of nitrogens with one attached hydrogen (secondary N) is 3. The number of anilines is 2. The summed E-state index contributed by atoms with van der Waals surface area (Å²) in [5.41, 5.74) is 19.4. The first-order valence-corrected chi connectivity index (χ1v) is 19.1. The summed E-state index contributed by atoms with van der Waals surface area (Å²) < 4.78 is 7.65. The van der Waals surface area contributed by atoms with Crippen molar-refractivity contribution in [2.75, 3.05) is 43.5 Å². The summed E-state index contributed by atoms with van der Waals surface area (Å²) in [4.78, 5) is 49.9. The van der Waals surface area contributed by atoms with Gasteiger partial charge in [0, 0.05) is 62.4 Å². The molecule has 15 heteroatoms. The Labute approximate surface area is 313 Å². The summed E-state index contributed by atoms with van der Waals surface area (Å²) in [6.45, 7) is 5.73. The first-order chi connectivity index (χ1) is 26.2. The van der Waals surface area contributed by atoms with Gasteiger partial charge in [0.1, 0.15) is 17.2 Å². The van der Waals surface area contributed by atoms with Crippen molar-refractivity contribution in [3.8, 4) is 11.1 Å². The molecule has 15 nitrogen and oxygen atoms in total. The molecule has 3 amide bonds. The highest BCUT2D eigenvalue weighted by atomic mass is 16.5. The fourth-order valence-electron chi connectivity index (χ4n) is 8.07. The van der Waals surface area contributed by atoms with Gasteiger partial charge in [-0.15, -0.1) is 0 Å². The van der Waals surface area contributed by atoms with Crippen LogP contribution in [0.15, 0.2) is 65.9 Å². The van der Waals surface area contributed by atoms with Crippen molar-refractivity contribution in [2.45, 2.75) is 75.8 Å². The lowest BCUT2D eigenvalue weighted by atomic mass is 9.91. The Balaban J connectivity index is 0.941. The number of morpholine rings is 1. The Morgan fingerprint density at radius 3 is 2.50 bits per heavy atom. The van der Waals surface area contributed by atoms with Gasteiger partial charge in [-0.1, -0.05) is 25.1 Å². The monoisotopic (exact) mass is 733 g/mol. The highest BCUT2D eigenvalue weighted by molar-refractivity contribution is 5.97. The topological polar surface area (TPSA) is 189 Å². The van der Waals surface area contributed by atoms with E-state index in [0.29, 0.717) is 31.1 Å². The third kappa shape index (κ3) is 6.24. The summed E-state index contributed by atoms with van der Waals surface area (Å²) in [6.07, 6.45) is 8.05. The number of nitrogens with two attached hydrogens (primary N) is 2. The number of carbonyl (C=O) groups excluding carboxylic acids is 3. The Morgan fingerprint density at radius 1 is 1.02 bits per heavy atom. The number of aromatic nitrogens is 3. The van der Waals surface area contributed by atoms with Gasteiger partial charge < -0.3 is 42.0 Å². The summed E-state index contributed by atoms with van der Waals surface area (Å²) in [6, 6.07) is 12.3. The average molecular weight is 734 g/mol. The zero-order valence-electron chi connectivity index (χ0n) is 30.6. The van der Waals surface area contributed by atoms with Crippen molar-refractivity contribution in [2.24, 2.45) is 17.4 Å². The number of allylic oxidation sites excluding steroid dienone is 1. The molecule has 2 unspecified atom stereocenters. The second-order valence-electron chi connectivity index (χ2n) is 15.4. The van der Waals surface area contributed by atoms with E-state index < -0.39 is 0 Å². The standard InChI is InChI=1S/C39H47N11O4/c1-3-30-36-26(15-42-50(36)24-17-48(18-24)16-23-6-4-9-28(43-23)39(53)49-19-32-31(49)20-54-32)25-7-5-8-27(35(25)47(30)2)45-29(34(41)38(52)44-22-12-13-22)14-33(40)46-37(51)21-10-11-21/h4-9,14-15,21-22,24,30-32,45H,3,10-13,16-20,40-41H2,1-2H3,(H,44,52)(H,46,51)/b33-14+,34-29+/t30?,31?,32-/m1/s1. The molecular formula is C39H47N11O4. The fourth-order valence-corrected chi connectivity index (χ4v) is 8.07. The number of rotatable bonds is 12. The van der Waals surface area contributed by atoms with Gasteiger partial charge in [0.05, 0.1) is 65.5 Å². The molecule has 3 aromatic rings. The molecule has 6 heterocycles. The molecule has 3 saturated heterocycles. The molecule has 0 spiro atoms. The number of hydrogen-bond donors (Lipinski definition) is 5. The van der Waals surface area contributed by atoms with Crippen LogP contribution >= 0.6 is 0 Å². The summed E-state index contributed by atoms with van der Waals surface area (Å²) >= 11 is 0. The van der Waals surface area contributed by atoms with Crippen LogP contribution in [0.5, 0.6) is 0 Å². The largest absolute Gasteiger partial charge is 0.393 e. The molecule has 2 aliphatic carbocycles. The van der Waals surface area contributed by atoms with E-state index in [9.17, 15) is 14.4 Å². The van der Waals surface area contributed by atoms with E-state index in [2.05, 4.69) is 50.5 Å². The van der Waals surface area contributed by atoms with Crippen molar-refractivity contribution < 1.29 is 19.1 Å². The van der Waals surface area contributed by atoms with Crippen molar-refractivity contribution in [3.05, 3.63) is 83.0 Å². The van der Waals surface area contributed by atoms with Gasteiger partial charge in [0.15, 0.2) is 0 Å². The summed E-state index contributed by atoms with van der Waals surface area (Å²) in [7, 11) is 2.08. The van der Waals surface area contributed by atoms with Crippen molar-refractivity contribution >= 4 is 29.1 Å². The number of nitrogens with zero attached hydrogens (tertiary/aromatic N) is 6. The quantitative estimate of drug-likeness (QED) is 0.136. The normalized spacial score (nSPS) is 23.8. The Morgan fingerprint density at radius 2 is 1.81 bits per heavy atom. The van der Waals surface area contributed by atoms with Gasteiger partial charge in [0.25, 0.3) is 11.8 Å². The number of ether oxygens (including phenoxy) is 1. The van der Waals surface area contributed by atoms with Crippen LogP contribution < -0.4 is 32.3 Å². The van der Waals surface area contributed by atoms with Crippen LogP contribution in [-0.2, 0) is 20.9 Å². The molecular weight excluding hydrogens is 687 g/mol. The number of pyridine rings is 1. The van der Waals surface area contributed by atoms with E-state index in [1.807, 2.05) is 35.4 Å². The van der Waals surface area contributed by atoms with Crippen molar-refractivity contribution in [1.29, 1.82) is 0 Å². The second kappa shape index (κ2) is 13.5. The van der Waals surface area contributed by atoms with E-state index >= 15 is 0 Å². The second-order valence-corrected chi connectivity index (χ2v) is 15.4. The zero-order valence-corrected chi connectivity index (χ0v) is 30.6. The smallest absolute Gasteiger partial charge is 0.272 e. The van der Waals surface area contributed by atoms with Crippen LogP contribution in [0.1, 0.15) is 73.0 Å². The number of likely N-dealkylation sites (tertiary alicyclic amines) is 2. The van der Waals surface area contributed by atoms with Crippen LogP contribution in [0.4, 0.5) is 11.4 Å². The minimum Gasteiger partial charge on any atom is -0.393 e. The molecule has 5 fully saturated rings. The van der Waals surface area contributed by atoms with Crippen molar-refractivity contribution in [1.82, 2.24) is 35.2 Å². The first-order valence-electron chi connectivity index (χ1n) is 19.1. The van der Waals surface area contributed by atoms with Gasteiger partial charge in [-0.2, -0.15) is 5.10 Å². The van der Waals surface area contributed by atoms with Gasteiger partial charge in [-0.3, -0.25) is 24.0 Å². The number of carbonyl (C=O) groups is 3. The van der Waals surface area contributed by atoms with Gasteiger partial charge in [-0.05, 0) is 50.3 Å². The average Bonchev–Trinajstić information content (AvgIpc) is 4.09. The highest BCUT2D eigenvalue weighted by Crippen LogP contribution is 2.49. The highest BCUT2D eigenvalue weighted by Gasteiger charge is 2.50. The van der Waals surface area contributed by atoms with E-state index in [1.165, 1.54) is 11.8 Å². The predicted molar refractivity (Wildman–Crippen MR) is 201 cm³/mol.